The number of aryl methyl sites for hydroxylation is 1. The Balaban J connectivity index is 2.63. The molecule has 0 aliphatic carbocycles. The van der Waals surface area contributed by atoms with Gasteiger partial charge in [0.25, 0.3) is 0 Å². The Morgan fingerprint density at radius 1 is 1.28 bits per heavy atom. The van der Waals surface area contributed by atoms with Crippen molar-refractivity contribution in [3.63, 3.8) is 0 Å². The van der Waals surface area contributed by atoms with Crippen LogP contribution in [0.1, 0.15) is 10.5 Å². The Labute approximate surface area is 101 Å². The van der Waals surface area contributed by atoms with E-state index in [1.807, 2.05) is 6.07 Å². The maximum Gasteiger partial charge on any atom is 0.352 e. The molecule has 2 heterocycles. The van der Waals surface area contributed by atoms with Gasteiger partial charge in [-0.25, -0.2) is 9.59 Å². The van der Waals surface area contributed by atoms with Crippen LogP contribution in [0.4, 0.5) is 0 Å². The van der Waals surface area contributed by atoms with Gasteiger partial charge in [0.1, 0.15) is 11.3 Å². The molecule has 2 aromatic heterocycles. The van der Waals surface area contributed by atoms with Crippen molar-refractivity contribution in [2.75, 3.05) is 0 Å². The molecule has 3 aromatic rings. The van der Waals surface area contributed by atoms with Crippen molar-refractivity contribution in [2.45, 2.75) is 0 Å². The molecule has 0 aliphatic heterocycles. The highest BCUT2D eigenvalue weighted by Gasteiger charge is 2.17. The van der Waals surface area contributed by atoms with Crippen LogP contribution in [0.15, 0.2) is 39.5 Å². The van der Waals surface area contributed by atoms with Gasteiger partial charge in [-0.05, 0) is 18.2 Å². The maximum atomic E-state index is 11.8. The summed E-state index contributed by atoms with van der Waals surface area (Å²) in [6, 6.07) is 8.40. The van der Waals surface area contributed by atoms with E-state index in [1.165, 1.54) is 10.6 Å². The van der Waals surface area contributed by atoms with Crippen LogP contribution < -0.4 is 5.63 Å². The lowest BCUT2D eigenvalue weighted by Crippen LogP contribution is -2.04. The lowest BCUT2D eigenvalue weighted by atomic mass is 10.2. The van der Waals surface area contributed by atoms with Gasteiger partial charge in [-0.1, -0.05) is 12.1 Å². The minimum absolute atomic E-state index is 0.0636. The van der Waals surface area contributed by atoms with Gasteiger partial charge in [-0.3, -0.25) is 0 Å². The van der Waals surface area contributed by atoms with E-state index in [0.717, 1.165) is 5.39 Å². The third kappa shape index (κ3) is 1.27. The second-order valence-corrected chi connectivity index (χ2v) is 4.04. The van der Waals surface area contributed by atoms with E-state index in [2.05, 4.69) is 0 Å². The first-order valence-corrected chi connectivity index (χ1v) is 5.34. The number of carboxylic acids is 1. The number of rotatable bonds is 1. The van der Waals surface area contributed by atoms with Gasteiger partial charge in [0.15, 0.2) is 0 Å². The van der Waals surface area contributed by atoms with Gasteiger partial charge in [0.05, 0.1) is 10.9 Å². The molecule has 0 bridgehead atoms. The second kappa shape index (κ2) is 3.46. The van der Waals surface area contributed by atoms with E-state index in [4.69, 9.17) is 9.52 Å². The molecular weight excluding hydrogens is 234 g/mol. The normalized spacial score (nSPS) is 11.2. The molecule has 0 spiro atoms. The van der Waals surface area contributed by atoms with E-state index in [-0.39, 0.29) is 11.1 Å². The van der Waals surface area contributed by atoms with Crippen LogP contribution in [0, 0.1) is 0 Å². The summed E-state index contributed by atoms with van der Waals surface area (Å²) in [7, 11) is 1.62. The summed E-state index contributed by atoms with van der Waals surface area (Å²) in [4.78, 5) is 22.9. The van der Waals surface area contributed by atoms with Crippen LogP contribution in [0.3, 0.4) is 0 Å². The number of fused-ring (bicyclic) bond motifs is 3. The van der Waals surface area contributed by atoms with Gasteiger partial charge < -0.3 is 14.1 Å². The minimum Gasteiger partial charge on any atom is -0.477 e. The second-order valence-electron chi connectivity index (χ2n) is 4.04. The van der Waals surface area contributed by atoms with Crippen LogP contribution >= 0.6 is 0 Å². The zero-order valence-electron chi connectivity index (χ0n) is 9.51. The fraction of sp³-hybridized carbons (Fsp3) is 0.0769. The van der Waals surface area contributed by atoms with Crippen LogP contribution in [-0.4, -0.2) is 15.6 Å². The van der Waals surface area contributed by atoms with E-state index in [1.54, 1.807) is 25.2 Å². The molecule has 5 heteroatoms. The highest BCUT2D eigenvalue weighted by Crippen LogP contribution is 2.24. The Bertz CT molecular complexity index is 841. The third-order valence-corrected chi connectivity index (χ3v) is 3.02. The number of nitrogens with zero attached hydrogens (tertiary/aromatic N) is 1. The number of carbonyl (C=O) groups is 1. The predicted octanol–water partition coefficient (Wildman–Crippen LogP) is 1.98. The van der Waals surface area contributed by atoms with E-state index in [0.29, 0.717) is 11.1 Å². The van der Waals surface area contributed by atoms with Crippen molar-refractivity contribution >= 4 is 27.8 Å². The number of para-hydroxylation sites is 1. The summed E-state index contributed by atoms with van der Waals surface area (Å²) < 4.78 is 6.66. The number of aromatic nitrogens is 1. The quantitative estimate of drug-likeness (QED) is 0.663. The Hall–Kier alpha value is -2.56. The Kier molecular flexibility index (Phi) is 2.04. The summed E-state index contributed by atoms with van der Waals surface area (Å²) in [6.07, 6.45) is 0. The Morgan fingerprint density at radius 2 is 2.00 bits per heavy atom. The number of hydrogen-bond acceptors (Lipinski definition) is 3. The maximum absolute atomic E-state index is 11.8. The summed E-state index contributed by atoms with van der Waals surface area (Å²) in [6.45, 7) is 0. The molecule has 0 fully saturated rings. The highest BCUT2D eigenvalue weighted by atomic mass is 16.4. The first-order chi connectivity index (χ1) is 8.59. The largest absolute Gasteiger partial charge is 0.477 e. The standard InChI is InChI=1S/C13H9NO4/c1-14-9(12(15)16)6-8-11(14)7-4-2-3-5-10(7)18-13(8)17/h2-6H,1H3,(H,15,16). The monoisotopic (exact) mass is 243 g/mol. The SMILES string of the molecule is Cn1c(C(=O)O)cc2c(=O)oc3ccccc3c21. The summed E-state index contributed by atoms with van der Waals surface area (Å²) in [5.74, 6) is -1.07. The van der Waals surface area contributed by atoms with Gasteiger partial charge in [-0.2, -0.15) is 0 Å². The van der Waals surface area contributed by atoms with Crippen LogP contribution in [-0.2, 0) is 7.05 Å². The smallest absolute Gasteiger partial charge is 0.352 e. The number of carboxylic acid groups (broad SMARTS) is 1. The van der Waals surface area contributed by atoms with E-state index in [9.17, 15) is 9.59 Å². The van der Waals surface area contributed by atoms with Gasteiger partial charge in [0.2, 0.25) is 0 Å². The van der Waals surface area contributed by atoms with Crippen LogP contribution in [0.25, 0.3) is 21.9 Å². The van der Waals surface area contributed by atoms with Gasteiger partial charge >= 0.3 is 11.6 Å². The topological polar surface area (TPSA) is 72.4 Å². The molecular formula is C13H9NO4. The van der Waals surface area contributed by atoms with Crippen molar-refractivity contribution in [1.29, 1.82) is 0 Å². The van der Waals surface area contributed by atoms with E-state index < -0.39 is 11.6 Å². The molecule has 0 atom stereocenters. The molecule has 90 valence electrons. The lowest BCUT2D eigenvalue weighted by Gasteiger charge is -2.02. The molecule has 1 aromatic carbocycles. The zero-order valence-corrected chi connectivity index (χ0v) is 9.51. The molecule has 0 radical (unpaired) electrons. The van der Waals surface area contributed by atoms with Crippen molar-refractivity contribution < 1.29 is 14.3 Å². The van der Waals surface area contributed by atoms with Crippen molar-refractivity contribution in [3.05, 3.63) is 46.4 Å². The van der Waals surface area contributed by atoms with E-state index >= 15 is 0 Å². The molecule has 0 unspecified atom stereocenters. The molecule has 3 rings (SSSR count). The summed E-state index contributed by atoms with van der Waals surface area (Å²) >= 11 is 0. The number of aromatic carboxylic acids is 1. The Morgan fingerprint density at radius 3 is 2.72 bits per heavy atom. The number of hydrogen-bond donors (Lipinski definition) is 1. The summed E-state index contributed by atoms with van der Waals surface area (Å²) in [5, 5.41) is 10.1. The molecule has 0 saturated heterocycles. The molecule has 18 heavy (non-hydrogen) atoms. The fourth-order valence-electron chi connectivity index (χ4n) is 2.20. The van der Waals surface area contributed by atoms with Crippen molar-refractivity contribution in [3.8, 4) is 0 Å². The minimum atomic E-state index is -1.07. The molecule has 0 aliphatic rings. The fourth-order valence-corrected chi connectivity index (χ4v) is 2.20. The highest BCUT2D eigenvalue weighted by molar-refractivity contribution is 6.05. The predicted molar refractivity (Wildman–Crippen MR) is 65.9 cm³/mol. The molecule has 5 nitrogen and oxygen atoms in total. The van der Waals surface area contributed by atoms with Crippen LogP contribution in [0.5, 0.6) is 0 Å². The number of benzene rings is 1. The zero-order chi connectivity index (χ0) is 12.9. The van der Waals surface area contributed by atoms with Crippen molar-refractivity contribution in [1.82, 2.24) is 4.57 Å². The first-order valence-electron chi connectivity index (χ1n) is 5.34. The summed E-state index contributed by atoms with van der Waals surface area (Å²) in [5.41, 5.74) is 0.577. The lowest BCUT2D eigenvalue weighted by molar-refractivity contribution is 0.0687. The molecule has 1 N–H and O–H groups in total. The van der Waals surface area contributed by atoms with Crippen molar-refractivity contribution in [2.24, 2.45) is 7.05 Å². The van der Waals surface area contributed by atoms with Crippen LogP contribution in [0.2, 0.25) is 0 Å². The average Bonchev–Trinajstić information content (AvgIpc) is 2.69. The van der Waals surface area contributed by atoms with Gasteiger partial charge in [0, 0.05) is 12.4 Å². The molecule has 0 amide bonds. The third-order valence-electron chi connectivity index (χ3n) is 3.02. The average molecular weight is 243 g/mol. The first kappa shape index (κ1) is 10.6. The molecule has 0 saturated carbocycles. The van der Waals surface area contributed by atoms with Gasteiger partial charge in [-0.15, -0.1) is 0 Å².